The number of hydrogen-bond donors (Lipinski definition) is 1. The summed E-state index contributed by atoms with van der Waals surface area (Å²) in [5, 5.41) is 9.10. The van der Waals surface area contributed by atoms with Crippen molar-refractivity contribution in [1.82, 2.24) is 0 Å². The number of hydrogen-bond acceptors (Lipinski definition) is 3. The van der Waals surface area contributed by atoms with Crippen LogP contribution in [0.15, 0.2) is 24.3 Å². The molecule has 2 rings (SSSR count). The van der Waals surface area contributed by atoms with Crippen molar-refractivity contribution in [3.8, 4) is 5.75 Å². The molecule has 0 spiro atoms. The molecular formula is C15H22O3. The molecule has 3 nitrogen and oxygen atoms in total. The Labute approximate surface area is 109 Å². The van der Waals surface area contributed by atoms with Gasteiger partial charge in [0, 0.05) is 12.2 Å². The van der Waals surface area contributed by atoms with E-state index < -0.39 is 0 Å². The quantitative estimate of drug-likeness (QED) is 0.873. The largest absolute Gasteiger partial charge is 0.496 e. The van der Waals surface area contributed by atoms with Crippen molar-refractivity contribution in [3.63, 3.8) is 0 Å². The van der Waals surface area contributed by atoms with Gasteiger partial charge < -0.3 is 14.6 Å². The van der Waals surface area contributed by atoms with Gasteiger partial charge in [-0.05, 0) is 37.7 Å². The highest BCUT2D eigenvalue weighted by Gasteiger charge is 2.21. The van der Waals surface area contributed by atoms with E-state index in [0.29, 0.717) is 25.2 Å². The van der Waals surface area contributed by atoms with Gasteiger partial charge in [-0.15, -0.1) is 0 Å². The number of ether oxygens (including phenoxy) is 2. The van der Waals surface area contributed by atoms with Gasteiger partial charge in [-0.25, -0.2) is 0 Å². The second kappa shape index (κ2) is 6.76. The van der Waals surface area contributed by atoms with E-state index in [1.54, 1.807) is 7.11 Å². The Hall–Kier alpha value is -1.06. The van der Waals surface area contributed by atoms with E-state index in [-0.39, 0.29) is 0 Å². The molecule has 18 heavy (non-hydrogen) atoms. The molecule has 1 aromatic rings. The monoisotopic (exact) mass is 250 g/mol. The average molecular weight is 250 g/mol. The van der Waals surface area contributed by atoms with Gasteiger partial charge in [0.15, 0.2) is 0 Å². The standard InChI is InChI=1S/C15H22O3/c1-17-15-5-3-2-4-13(15)11-18-14-8-6-12(10-16)7-9-14/h2-5,12,14,16H,6-11H2,1H3. The van der Waals surface area contributed by atoms with Crippen molar-refractivity contribution in [2.24, 2.45) is 5.92 Å². The Morgan fingerprint density at radius 2 is 1.89 bits per heavy atom. The number of rotatable bonds is 5. The molecule has 1 N–H and O–H groups in total. The summed E-state index contributed by atoms with van der Waals surface area (Å²) in [5.74, 6) is 1.37. The zero-order chi connectivity index (χ0) is 12.8. The van der Waals surface area contributed by atoms with Crippen LogP contribution in [0.5, 0.6) is 5.75 Å². The third kappa shape index (κ3) is 3.47. The highest BCUT2D eigenvalue weighted by molar-refractivity contribution is 5.32. The van der Waals surface area contributed by atoms with Gasteiger partial charge in [-0.3, -0.25) is 0 Å². The minimum Gasteiger partial charge on any atom is -0.496 e. The molecule has 0 heterocycles. The lowest BCUT2D eigenvalue weighted by molar-refractivity contribution is 0.000544. The summed E-state index contributed by atoms with van der Waals surface area (Å²) in [5.41, 5.74) is 1.10. The normalized spacial score (nSPS) is 23.9. The zero-order valence-electron chi connectivity index (χ0n) is 11.0. The van der Waals surface area contributed by atoms with E-state index in [2.05, 4.69) is 0 Å². The van der Waals surface area contributed by atoms with E-state index in [9.17, 15) is 0 Å². The molecule has 0 saturated heterocycles. The highest BCUT2D eigenvalue weighted by atomic mass is 16.5. The van der Waals surface area contributed by atoms with Gasteiger partial charge in [-0.1, -0.05) is 18.2 Å². The lowest BCUT2D eigenvalue weighted by atomic mass is 9.88. The topological polar surface area (TPSA) is 38.7 Å². The van der Waals surface area contributed by atoms with Crippen LogP contribution in [0.3, 0.4) is 0 Å². The van der Waals surface area contributed by atoms with Gasteiger partial charge >= 0.3 is 0 Å². The molecule has 1 aliphatic rings. The molecule has 100 valence electrons. The van der Waals surface area contributed by atoms with Crippen LogP contribution < -0.4 is 4.74 Å². The maximum absolute atomic E-state index is 9.10. The maximum Gasteiger partial charge on any atom is 0.124 e. The molecule has 1 fully saturated rings. The van der Waals surface area contributed by atoms with E-state index in [4.69, 9.17) is 14.6 Å². The SMILES string of the molecule is COc1ccccc1COC1CCC(CO)CC1. The number of methoxy groups -OCH3 is 1. The van der Waals surface area contributed by atoms with Crippen LogP contribution in [0.4, 0.5) is 0 Å². The summed E-state index contributed by atoms with van der Waals surface area (Å²) < 4.78 is 11.2. The molecule has 0 amide bonds. The van der Waals surface area contributed by atoms with Crippen molar-refractivity contribution < 1.29 is 14.6 Å². The molecule has 0 radical (unpaired) electrons. The molecule has 0 aliphatic heterocycles. The molecule has 0 atom stereocenters. The Morgan fingerprint density at radius 1 is 1.17 bits per heavy atom. The van der Waals surface area contributed by atoms with Crippen molar-refractivity contribution in [2.75, 3.05) is 13.7 Å². The van der Waals surface area contributed by atoms with Crippen LogP contribution in [0, 0.1) is 5.92 Å². The van der Waals surface area contributed by atoms with Crippen molar-refractivity contribution in [3.05, 3.63) is 29.8 Å². The highest BCUT2D eigenvalue weighted by Crippen LogP contribution is 2.27. The third-order valence-electron chi connectivity index (χ3n) is 3.72. The molecule has 3 heteroatoms. The molecular weight excluding hydrogens is 228 g/mol. The summed E-state index contributed by atoms with van der Waals surface area (Å²) in [6.45, 7) is 0.928. The van der Waals surface area contributed by atoms with Gasteiger partial charge in [0.25, 0.3) is 0 Å². The summed E-state index contributed by atoms with van der Waals surface area (Å²) >= 11 is 0. The Kier molecular flexibility index (Phi) is 5.02. The molecule has 1 saturated carbocycles. The summed E-state index contributed by atoms with van der Waals surface area (Å²) in [7, 11) is 1.69. The summed E-state index contributed by atoms with van der Waals surface area (Å²) in [6.07, 6.45) is 4.60. The lowest BCUT2D eigenvalue weighted by Gasteiger charge is -2.27. The van der Waals surface area contributed by atoms with Gasteiger partial charge in [0.2, 0.25) is 0 Å². The van der Waals surface area contributed by atoms with Crippen LogP contribution in [-0.2, 0) is 11.3 Å². The molecule has 0 unspecified atom stereocenters. The van der Waals surface area contributed by atoms with E-state index in [0.717, 1.165) is 37.0 Å². The fraction of sp³-hybridized carbons (Fsp3) is 0.600. The van der Waals surface area contributed by atoms with Crippen LogP contribution in [0.1, 0.15) is 31.2 Å². The lowest BCUT2D eigenvalue weighted by Crippen LogP contribution is -2.23. The zero-order valence-corrected chi connectivity index (χ0v) is 11.0. The van der Waals surface area contributed by atoms with E-state index in [1.807, 2.05) is 24.3 Å². The Morgan fingerprint density at radius 3 is 2.56 bits per heavy atom. The molecule has 0 bridgehead atoms. The summed E-state index contributed by atoms with van der Waals surface area (Å²) in [6, 6.07) is 7.97. The number of aliphatic hydroxyl groups is 1. The van der Waals surface area contributed by atoms with Crippen LogP contribution in [0.2, 0.25) is 0 Å². The van der Waals surface area contributed by atoms with Crippen molar-refractivity contribution >= 4 is 0 Å². The predicted molar refractivity (Wildman–Crippen MR) is 70.6 cm³/mol. The fourth-order valence-electron chi connectivity index (χ4n) is 2.51. The first-order valence-electron chi connectivity index (χ1n) is 6.68. The van der Waals surface area contributed by atoms with Gasteiger partial charge in [0.1, 0.15) is 5.75 Å². The number of aliphatic hydroxyl groups excluding tert-OH is 1. The Bertz CT molecular complexity index is 357. The number of benzene rings is 1. The van der Waals surface area contributed by atoms with E-state index in [1.165, 1.54) is 0 Å². The average Bonchev–Trinajstić information content (AvgIpc) is 2.46. The Balaban J connectivity index is 1.81. The van der Waals surface area contributed by atoms with E-state index >= 15 is 0 Å². The first-order valence-corrected chi connectivity index (χ1v) is 6.68. The van der Waals surface area contributed by atoms with Crippen LogP contribution >= 0.6 is 0 Å². The third-order valence-corrected chi connectivity index (χ3v) is 3.72. The predicted octanol–water partition coefficient (Wildman–Crippen LogP) is 2.76. The first-order chi connectivity index (χ1) is 8.83. The second-order valence-corrected chi connectivity index (χ2v) is 4.95. The molecule has 1 aromatic carbocycles. The molecule has 1 aliphatic carbocycles. The smallest absolute Gasteiger partial charge is 0.124 e. The van der Waals surface area contributed by atoms with Crippen LogP contribution in [-0.4, -0.2) is 24.9 Å². The first kappa shape index (κ1) is 13.4. The number of para-hydroxylation sites is 1. The maximum atomic E-state index is 9.10. The van der Waals surface area contributed by atoms with Gasteiger partial charge in [-0.2, -0.15) is 0 Å². The summed E-state index contributed by atoms with van der Waals surface area (Å²) in [4.78, 5) is 0. The van der Waals surface area contributed by atoms with Crippen LogP contribution in [0.25, 0.3) is 0 Å². The van der Waals surface area contributed by atoms with Gasteiger partial charge in [0.05, 0.1) is 19.8 Å². The fourth-order valence-corrected chi connectivity index (χ4v) is 2.51. The van der Waals surface area contributed by atoms with Crippen molar-refractivity contribution in [2.45, 2.75) is 38.4 Å². The van der Waals surface area contributed by atoms with Crippen molar-refractivity contribution in [1.29, 1.82) is 0 Å². The molecule has 0 aromatic heterocycles. The minimum atomic E-state index is 0.319. The minimum absolute atomic E-state index is 0.319. The second-order valence-electron chi connectivity index (χ2n) is 4.95.